The minimum absolute atomic E-state index is 0.104. The van der Waals surface area contributed by atoms with Crippen LogP contribution in [0.5, 0.6) is 0 Å². The van der Waals surface area contributed by atoms with Crippen molar-refractivity contribution in [2.24, 2.45) is 0 Å². The number of benzene rings is 1. The highest BCUT2D eigenvalue weighted by atomic mass is 79.9. The van der Waals surface area contributed by atoms with Gasteiger partial charge in [-0.25, -0.2) is 4.98 Å². The smallest absolute Gasteiger partial charge is 0.222 e. The molecule has 4 heteroatoms. The highest BCUT2D eigenvalue weighted by molar-refractivity contribution is 9.08. The van der Waals surface area contributed by atoms with Gasteiger partial charge in [-0.1, -0.05) is 28.1 Å². The maximum Gasteiger partial charge on any atom is 0.222 e. The number of halogens is 1. The number of alkyl halides is 1. The van der Waals surface area contributed by atoms with Crippen molar-refractivity contribution in [2.45, 2.75) is 19.2 Å². The molecule has 2 aromatic rings. The lowest BCUT2D eigenvalue weighted by molar-refractivity contribution is -0.114. The molecule has 0 radical (unpaired) electrons. The minimum atomic E-state index is -0.104. The summed E-state index contributed by atoms with van der Waals surface area (Å²) < 4.78 is 0. The first-order chi connectivity index (χ1) is 8.10. The standard InChI is InChI=1S/C13H13BrN2O/c1-8-5-13(15-9(2)17)16-12-6-10(7-14)3-4-11(8)12/h3-6H,7H2,1-2H3,(H,15,16,17). The number of anilines is 1. The maximum atomic E-state index is 11.0. The Balaban J connectivity index is 2.57. The van der Waals surface area contributed by atoms with Crippen molar-refractivity contribution in [2.75, 3.05) is 5.32 Å². The second kappa shape index (κ2) is 4.84. The van der Waals surface area contributed by atoms with Crippen molar-refractivity contribution < 1.29 is 4.79 Å². The van der Waals surface area contributed by atoms with E-state index in [1.165, 1.54) is 12.5 Å². The monoisotopic (exact) mass is 292 g/mol. The highest BCUT2D eigenvalue weighted by Crippen LogP contribution is 2.22. The fourth-order valence-corrected chi connectivity index (χ4v) is 2.12. The number of aromatic nitrogens is 1. The molecule has 1 N–H and O–H groups in total. The highest BCUT2D eigenvalue weighted by Gasteiger charge is 2.04. The van der Waals surface area contributed by atoms with E-state index in [1.54, 1.807) is 0 Å². The van der Waals surface area contributed by atoms with E-state index in [4.69, 9.17) is 0 Å². The van der Waals surface area contributed by atoms with Gasteiger partial charge in [-0.05, 0) is 30.2 Å². The second-order valence-corrected chi connectivity index (χ2v) is 4.55. The SMILES string of the molecule is CC(=O)Nc1cc(C)c2ccc(CBr)cc2n1. The van der Waals surface area contributed by atoms with Gasteiger partial charge in [0.15, 0.2) is 0 Å². The van der Waals surface area contributed by atoms with E-state index in [0.29, 0.717) is 5.82 Å². The fourth-order valence-electron chi connectivity index (χ4n) is 1.78. The van der Waals surface area contributed by atoms with E-state index >= 15 is 0 Å². The van der Waals surface area contributed by atoms with Gasteiger partial charge in [0, 0.05) is 17.6 Å². The second-order valence-electron chi connectivity index (χ2n) is 3.99. The number of nitrogens with zero attached hydrogens (tertiary/aromatic N) is 1. The molecule has 0 unspecified atom stereocenters. The molecule has 88 valence electrons. The first-order valence-electron chi connectivity index (χ1n) is 5.34. The fraction of sp³-hybridized carbons (Fsp3) is 0.231. The summed E-state index contributed by atoms with van der Waals surface area (Å²) in [7, 11) is 0. The summed E-state index contributed by atoms with van der Waals surface area (Å²) in [5, 5.41) is 4.63. The molecule has 0 spiro atoms. The van der Waals surface area contributed by atoms with Crippen LogP contribution in [0.2, 0.25) is 0 Å². The van der Waals surface area contributed by atoms with Crippen LogP contribution in [0.1, 0.15) is 18.1 Å². The Morgan fingerprint density at radius 1 is 1.41 bits per heavy atom. The van der Waals surface area contributed by atoms with E-state index in [2.05, 4.69) is 38.4 Å². The molecule has 0 saturated heterocycles. The van der Waals surface area contributed by atoms with Crippen molar-refractivity contribution in [3.63, 3.8) is 0 Å². The number of pyridine rings is 1. The van der Waals surface area contributed by atoms with Crippen LogP contribution in [-0.2, 0) is 10.1 Å². The number of amides is 1. The average Bonchev–Trinajstić information content (AvgIpc) is 2.27. The van der Waals surface area contributed by atoms with Crippen LogP contribution in [0.4, 0.5) is 5.82 Å². The zero-order valence-corrected chi connectivity index (χ0v) is 11.3. The lowest BCUT2D eigenvalue weighted by Gasteiger charge is -2.07. The molecule has 1 amide bonds. The van der Waals surface area contributed by atoms with Gasteiger partial charge in [0.2, 0.25) is 5.91 Å². The molecular formula is C13H13BrN2O. The van der Waals surface area contributed by atoms with Crippen LogP contribution >= 0.6 is 15.9 Å². The first-order valence-corrected chi connectivity index (χ1v) is 6.46. The first kappa shape index (κ1) is 12.0. The summed E-state index contributed by atoms with van der Waals surface area (Å²) >= 11 is 3.42. The average molecular weight is 293 g/mol. The molecule has 0 aliphatic heterocycles. The van der Waals surface area contributed by atoms with E-state index in [1.807, 2.05) is 19.1 Å². The van der Waals surface area contributed by atoms with Crippen molar-refractivity contribution in [3.8, 4) is 0 Å². The molecule has 0 atom stereocenters. The third kappa shape index (κ3) is 2.64. The van der Waals surface area contributed by atoms with Crippen LogP contribution in [-0.4, -0.2) is 10.9 Å². The molecule has 1 heterocycles. The molecule has 0 bridgehead atoms. The third-order valence-electron chi connectivity index (χ3n) is 2.54. The van der Waals surface area contributed by atoms with Crippen LogP contribution in [0.25, 0.3) is 10.9 Å². The number of nitrogens with one attached hydrogen (secondary N) is 1. The van der Waals surface area contributed by atoms with E-state index in [-0.39, 0.29) is 5.91 Å². The third-order valence-corrected chi connectivity index (χ3v) is 3.19. The number of fused-ring (bicyclic) bond motifs is 1. The maximum absolute atomic E-state index is 11.0. The molecule has 0 saturated carbocycles. The van der Waals surface area contributed by atoms with E-state index in [0.717, 1.165) is 21.8 Å². The summed E-state index contributed by atoms with van der Waals surface area (Å²) in [5.41, 5.74) is 3.19. The molecule has 0 aliphatic rings. The summed E-state index contributed by atoms with van der Waals surface area (Å²) in [4.78, 5) is 15.5. The molecule has 1 aromatic heterocycles. The van der Waals surface area contributed by atoms with Crippen LogP contribution < -0.4 is 5.32 Å². The summed E-state index contributed by atoms with van der Waals surface area (Å²) in [5.74, 6) is 0.502. The Morgan fingerprint density at radius 3 is 2.82 bits per heavy atom. The quantitative estimate of drug-likeness (QED) is 0.862. The molecule has 17 heavy (non-hydrogen) atoms. The summed E-state index contributed by atoms with van der Waals surface area (Å²) in [6.07, 6.45) is 0. The van der Waals surface area contributed by atoms with Crippen LogP contribution in [0, 0.1) is 6.92 Å². The van der Waals surface area contributed by atoms with Gasteiger partial charge in [0.05, 0.1) is 5.52 Å². The zero-order valence-electron chi connectivity index (χ0n) is 9.75. The number of carbonyl (C=O) groups is 1. The van der Waals surface area contributed by atoms with Crippen molar-refractivity contribution in [1.29, 1.82) is 0 Å². The zero-order chi connectivity index (χ0) is 12.4. The Kier molecular flexibility index (Phi) is 3.43. The largest absolute Gasteiger partial charge is 0.311 e. The van der Waals surface area contributed by atoms with Crippen molar-refractivity contribution in [3.05, 3.63) is 35.4 Å². The summed E-state index contributed by atoms with van der Waals surface area (Å²) in [6.45, 7) is 3.50. The minimum Gasteiger partial charge on any atom is -0.311 e. The van der Waals surface area contributed by atoms with Crippen LogP contribution in [0.3, 0.4) is 0 Å². The Morgan fingerprint density at radius 2 is 2.18 bits per heavy atom. The number of hydrogen-bond donors (Lipinski definition) is 1. The van der Waals surface area contributed by atoms with Gasteiger partial charge >= 0.3 is 0 Å². The Hall–Kier alpha value is -1.42. The molecule has 3 nitrogen and oxygen atoms in total. The van der Waals surface area contributed by atoms with E-state index in [9.17, 15) is 4.79 Å². The molecule has 1 aromatic carbocycles. The predicted molar refractivity (Wildman–Crippen MR) is 73.4 cm³/mol. The number of hydrogen-bond acceptors (Lipinski definition) is 2. The topological polar surface area (TPSA) is 42.0 Å². The number of rotatable bonds is 2. The van der Waals surface area contributed by atoms with Gasteiger partial charge in [0.25, 0.3) is 0 Å². The van der Waals surface area contributed by atoms with Gasteiger partial charge < -0.3 is 5.32 Å². The van der Waals surface area contributed by atoms with Crippen LogP contribution in [0.15, 0.2) is 24.3 Å². The molecule has 2 rings (SSSR count). The lowest BCUT2D eigenvalue weighted by atomic mass is 10.1. The lowest BCUT2D eigenvalue weighted by Crippen LogP contribution is -2.07. The Labute approximate surface area is 108 Å². The van der Waals surface area contributed by atoms with Gasteiger partial charge in [-0.3, -0.25) is 4.79 Å². The molecule has 0 fully saturated rings. The predicted octanol–water partition coefficient (Wildman–Crippen LogP) is 3.40. The van der Waals surface area contributed by atoms with Crippen molar-refractivity contribution in [1.82, 2.24) is 4.98 Å². The number of aryl methyl sites for hydroxylation is 1. The van der Waals surface area contributed by atoms with E-state index < -0.39 is 0 Å². The van der Waals surface area contributed by atoms with Crippen molar-refractivity contribution >= 4 is 38.6 Å². The van der Waals surface area contributed by atoms with Gasteiger partial charge in [-0.15, -0.1) is 0 Å². The Bertz CT molecular complexity index is 581. The molecule has 0 aliphatic carbocycles. The molecular weight excluding hydrogens is 280 g/mol. The number of carbonyl (C=O) groups excluding carboxylic acids is 1. The normalized spacial score (nSPS) is 10.5. The van der Waals surface area contributed by atoms with Gasteiger partial charge in [0.1, 0.15) is 5.82 Å². The summed E-state index contributed by atoms with van der Waals surface area (Å²) in [6, 6.07) is 8.05. The van der Waals surface area contributed by atoms with Gasteiger partial charge in [-0.2, -0.15) is 0 Å².